The van der Waals surface area contributed by atoms with E-state index in [2.05, 4.69) is 130 Å². The van der Waals surface area contributed by atoms with Crippen LogP contribution in [0.2, 0.25) is 0 Å². The van der Waals surface area contributed by atoms with Gasteiger partial charge in [0.05, 0.1) is 0 Å². The van der Waals surface area contributed by atoms with Crippen molar-refractivity contribution in [1.82, 2.24) is 0 Å². The Kier molecular flexibility index (Phi) is 43.6. The molecule has 0 rings (SSSR count). The molecular formula is C53H84O6. The van der Waals surface area contributed by atoms with Gasteiger partial charge in [-0.1, -0.05) is 188 Å². The molecule has 0 radical (unpaired) electrons. The number of unbranched alkanes of at least 4 members (excludes halogenated alkanes) is 11. The Morgan fingerprint density at radius 2 is 0.661 bits per heavy atom. The summed E-state index contributed by atoms with van der Waals surface area (Å²) in [4.78, 5) is 37.1. The van der Waals surface area contributed by atoms with Crippen LogP contribution < -0.4 is 0 Å². The summed E-state index contributed by atoms with van der Waals surface area (Å²) in [5.41, 5.74) is 0. The predicted molar refractivity (Wildman–Crippen MR) is 251 cm³/mol. The summed E-state index contributed by atoms with van der Waals surface area (Å²) in [6.45, 7) is 6.28. The maximum Gasteiger partial charge on any atom is 0.306 e. The molecule has 0 aromatic carbocycles. The van der Waals surface area contributed by atoms with Crippen LogP contribution in [0.5, 0.6) is 0 Å². The van der Waals surface area contributed by atoms with Crippen molar-refractivity contribution in [3.8, 4) is 0 Å². The lowest BCUT2D eigenvalue weighted by Crippen LogP contribution is -2.30. The van der Waals surface area contributed by atoms with E-state index in [4.69, 9.17) is 14.2 Å². The first-order chi connectivity index (χ1) is 29.0. The number of allylic oxidation sites excluding steroid dienone is 18. The first-order valence-electron chi connectivity index (χ1n) is 23.4. The molecule has 0 saturated heterocycles. The van der Waals surface area contributed by atoms with Crippen molar-refractivity contribution in [3.05, 3.63) is 109 Å². The highest BCUT2D eigenvalue weighted by Gasteiger charge is 2.19. The van der Waals surface area contributed by atoms with Crippen molar-refractivity contribution >= 4 is 17.9 Å². The average molecular weight is 817 g/mol. The van der Waals surface area contributed by atoms with Gasteiger partial charge in [0.2, 0.25) is 0 Å². The third-order valence-corrected chi connectivity index (χ3v) is 9.29. The van der Waals surface area contributed by atoms with Gasteiger partial charge < -0.3 is 14.2 Å². The molecule has 0 fully saturated rings. The van der Waals surface area contributed by atoms with Crippen LogP contribution >= 0.6 is 0 Å². The molecule has 332 valence electrons. The van der Waals surface area contributed by atoms with Crippen LogP contribution in [0, 0.1) is 0 Å². The summed E-state index contributed by atoms with van der Waals surface area (Å²) >= 11 is 0. The molecule has 0 aliphatic rings. The lowest BCUT2D eigenvalue weighted by atomic mass is 10.1. The summed E-state index contributed by atoms with van der Waals surface area (Å²) in [6.07, 6.45) is 63.0. The smallest absolute Gasteiger partial charge is 0.306 e. The summed E-state index contributed by atoms with van der Waals surface area (Å²) in [5.74, 6) is -0.967. The number of hydrogen-bond acceptors (Lipinski definition) is 6. The number of ether oxygens (including phenoxy) is 3. The van der Waals surface area contributed by atoms with E-state index in [-0.39, 0.29) is 31.1 Å². The fourth-order valence-corrected chi connectivity index (χ4v) is 5.78. The number of rotatable bonds is 40. The molecule has 1 unspecified atom stereocenters. The zero-order chi connectivity index (χ0) is 43.0. The van der Waals surface area contributed by atoms with Gasteiger partial charge >= 0.3 is 17.9 Å². The molecule has 0 aromatic rings. The monoisotopic (exact) mass is 817 g/mol. The lowest BCUT2D eigenvalue weighted by molar-refractivity contribution is -0.167. The molecule has 0 spiro atoms. The highest BCUT2D eigenvalue weighted by molar-refractivity contribution is 5.71. The third-order valence-electron chi connectivity index (χ3n) is 9.29. The van der Waals surface area contributed by atoms with Gasteiger partial charge in [0.25, 0.3) is 0 Å². The van der Waals surface area contributed by atoms with E-state index in [1.807, 2.05) is 0 Å². The highest BCUT2D eigenvalue weighted by Crippen LogP contribution is 2.11. The zero-order valence-corrected chi connectivity index (χ0v) is 37.7. The van der Waals surface area contributed by atoms with Crippen LogP contribution in [0.3, 0.4) is 0 Å². The first kappa shape index (κ1) is 55.1. The van der Waals surface area contributed by atoms with Gasteiger partial charge in [-0.3, -0.25) is 14.4 Å². The van der Waals surface area contributed by atoms with E-state index in [0.29, 0.717) is 19.3 Å². The van der Waals surface area contributed by atoms with Gasteiger partial charge in [-0.25, -0.2) is 0 Å². The molecule has 0 N–H and O–H groups in total. The molecule has 0 saturated carbocycles. The van der Waals surface area contributed by atoms with Crippen molar-refractivity contribution in [3.63, 3.8) is 0 Å². The molecule has 0 amide bonds. The SMILES string of the molecule is CC/C=C\C/C=C\C/C=C\C/C=C\C/C=C\C/C=C\C/C=C\C/C=C\C/C=C\CCCCCC(=O)OCC(COC(=O)CCCCCCC)OC(=O)CCCCCCC. The van der Waals surface area contributed by atoms with E-state index < -0.39 is 6.10 Å². The zero-order valence-electron chi connectivity index (χ0n) is 37.7. The summed E-state index contributed by atoms with van der Waals surface area (Å²) < 4.78 is 16.4. The standard InChI is InChI=1S/C53H84O6/c1-4-7-10-13-14-15-16-17-18-19-20-21-22-23-24-25-26-27-28-29-30-31-32-33-34-35-36-37-38-41-43-46-52(55)58-49-50(59-53(56)47-44-40-12-9-6-3)48-57-51(54)45-42-39-11-8-5-2/h7,10,14-15,17-18,20-21,23-24,26-27,29-30,32-33,35-36,50H,4-6,8-9,11-13,16,19,22,25,28,31,34,37-49H2,1-3H3/b10-7-,15-14-,18-17-,21-20-,24-23-,27-26-,30-29-,33-32-,36-35-. The molecule has 0 heterocycles. The quantitative estimate of drug-likeness (QED) is 0.0265. The normalized spacial score (nSPS) is 13.1. The van der Waals surface area contributed by atoms with E-state index in [0.717, 1.165) is 141 Å². The van der Waals surface area contributed by atoms with Crippen LogP contribution in [0.1, 0.15) is 188 Å². The molecule has 1 atom stereocenters. The van der Waals surface area contributed by atoms with Gasteiger partial charge in [0, 0.05) is 19.3 Å². The summed E-state index contributed by atoms with van der Waals surface area (Å²) in [7, 11) is 0. The van der Waals surface area contributed by atoms with Crippen LogP contribution in [0.15, 0.2) is 109 Å². The van der Waals surface area contributed by atoms with Crippen molar-refractivity contribution in [2.45, 2.75) is 194 Å². The number of esters is 3. The van der Waals surface area contributed by atoms with Crippen LogP contribution in [-0.2, 0) is 28.6 Å². The Labute approximate surface area is 361 Å². The summed E-state index contributed by atoms with van der Waals surface area (Å²) in [5, 5.41) is 0. The van der Waals surface area contributed by atoms with Crippen LogP contribution in [0.4, 0.5) is 0 Å². The van der Waals surface area contributed by atoms with Gasteiger partial charge in [0.1, 0.15) is 13.2 Å². The fraction of sp³-hybridized carbons (Fsp3) is 0.604. The largest absolute Gasteiger partial charge is 0.462 e. The Hall–Kier alpha value is -3.93. The Balaban J connectivity index is 4.05. The van der Waals surface area contributed by atoms with Crippen molar-refractivity contribution in [2.75, 3.05) is 13.2 Å². The molecule has 59 heavy (non-hydrogen) atoms. The molecule has 6 nitrogen and oxygen atoms in total. The van der Waals surface area contributed by atoms with Gasteiger partial charge in [-0.05, 0) is 89.9 Å². The number of carbonyl (C=O) groups excluding carboxylic acids is 3. The maximum atomic E-state index is 12.4. The second-order valence-electron chi connectivity index (χ2n) is 14.9. The first-order valence-corrected chi connectivity index (χ1v) is 23.4. The van der Waals surface area contributed by atoms with E-state index in [1.165, 1.54) is 6.42 Å². The topological polar surface area (TPSA) is 78.9 Å². The molecule has 6 heteroatoms. The van der Waals surface area contributed by atoms with Crippen molar-refractivity contribution < 1.29 is 28.6 Å². The van der Waals surface area contributed by atoms with E-state index in [9.17, 15) is 14.4 Å². The fourth-order valence-electron chi connectivity index (χ4n) is 5.78. The van der Waals surface area contributed by atoms with Crippen LogP contribution in [0.25, 0.3) is 0 Å². The average Bonchev–Trinajstić information content (AvgIpc) is 3.23. The Bertz CT molecular complexity index is 1260. The minimum atomic E-state index is -0.783. The van der Waals surface area contributed by atoms with Crippen LogP contribution in [-0.4, -0.2) is 37.2 Å². The minimum absolute atomic E-state index is 0.0913. The summed E-state index contributed by atoms with van der Waals surface area (Å²) in [6, 6.07) is 0. The number of carbonyl (C=O) groups is 3. The molecule has 0 bridgehead atoms. The maximum absolute atomic E-state index is 12.4. The highest BCUT2D eigenvalue weighted by atomic mass is 16.6. The Morgan fingerprint density at radius 1 is 0.356 bits per heavy atom. The van der Waals surface area contributed by atoms with E-state index in [1.54, 1.807) is 0 Å². The second-order valence-corrected chi connectivity index (χ2v) is 14.9. The molecule has 0 aliphatic heterocycles. The van der Waals surface area contributed by atoms with E-state index >= 15 is 0 Å². The van der Waals surface area contributed by atoms with Gasteiger partial charge in [-0.2, -0.15) is 0 Å². The number of hydrogen-bond donors (Lipinski definition) is 0. The van der Waals surface area contributed by atoms with Crippen molar-refractivity contribution in [2.24, 2.45) is 0 Å². The third kappa shape index (κ3) is 45.0. The second kappa shape index (κ2) is 46.8. The Morgan fingerprint density at radius 3 is 1.02 bits per heavy atom. The molecule has 0 aromatic heterocycles. The molecular weight excluding hydrogens is 733 g/mol. The van der Waals surface area contributed by atoms with Gasteiger partial charge in [0.15, 0.2) is 6.10 Å². The molecule has 0 aliphatic carbocycles. The van der Waals surface area contributed by atoms with Crippen molar-refractivity contribution in [1.29, 1.82) is 0 Å². The van der Waals surface area contributed by atoms with Gasteiger partial charge in [-0.15, -0.1) is 0 Å². The minimum Gasteiger partial charge on any atom is -0.462 e. The lowest BCUT2D eigenvalue weighted by Gasteiger charge is -2.18. The predicted octanol–water partition coefficient (Wildman–Crippen LogP) is 15.2.